The normalized spacial score (nSPS) is 20.2. The summed E-state index contributed by atoms with van der Waals surface area (Å²) in [6.07, 6.45) is 2.34. The van der Waals surface area contributed by atoms with E-state index >= 15 is 0 Å². The van der Waals surface area contributed by atoms with Gasteiger partial charge in [0.05, 0.1) is 18.6 Å². The molecule has 0 bridgehead atoms. The first-order valence-corrected chi connectivity index (χ1v) is 9.29. The molecule has 5 nitrogen and oxygen atoms in total. The topological polar surface area (TPSA) is 68.4 Å². The van der Waals surface area contributed by atoms with Gasteiger partial charge in [0.1, 0.15) is 5.75 Å². The van der Waals surface area contributed by atoms with E-state index in [1.165, 1.54) is 0 Å². The molecular formula is C21H24N2O3. The summed E-state index contributed by atoms with van der Waals surface area (Å²) >= 11 is 0. The number of hydrogen-bond acceptors (Lipinski definition) is 5. The van der Waals surface area contributed by atoms with Gasteiger partial charge < -0.3 is 14.4 Å². The van der Waals surface area contributed by atoms with Gasteiger partial charge in [0, 0.05) is 5.56 Å². The van der Waals surface area contributed by atoms with Crippen molar-refractivity contribution < 1.29 is 14.4 Å². The summed E-state index contributed by atoms with van der Waals surface area (Å²) in [6, 6.07) is 12.2. The highest BCUT2D eigenvalue weighted by Gasteiger charge is 2.31. The third-order valence-corrected chi connectivity index (χ3v) is 4.89. The molecule has 0 spiro atoms. The second-order valence-corrected chi connectivity index (χ2v) is 7.49. The minimum atomic E-state index is -0.371. The fraction of sp³-hybridized carbons (Fsp3) is 0.429. The van der Waals surface area contributed by atoms with Crippen molar-refractivity contribution in [3.05, 3.63) is 42.3 Å². The van der Waals surface area contributed by atoms with Crippen LogP contribution in [0.4, 0.5) is 0 Å². The molecular weight excluding hydrogens is 328 g/mol. The smallest absolute Gasteiger partial charge is 0.232 e. The number of benzene rings is 2. The molecule has 0 aliphatic heterocycles. The third kappa shape index (κ3) is 3.44. The molecule has 1 aromatic heterocycles. The Morgan fingerprint density at radius 1 is 1.15 bits per heavy atom. The van der Waals surface area contributed by atoms with Crippen molar-refractivity contribution in [1.82, 2.24) is 10.1 Å². The lowest BCUT2D eigenvalue weighted by molar-refractivity contribution is 0.148. The minimum Gasteiger partial charge on any atom is -0.493 e. The molecule has 1 aliphatic rings. The number of hydrogen-bond donors (Lipinski definition) is 1. The van der Waals surface area contributed by atoms with Crippen LogP contribution in [0.1, 0.15) is 44.9 Å². The van der Waals surface area contributed by atoms with E-state index in [4.69, 9.17) is 9.26 Å². The zero-order valence-corrected chi connectivity index (χ0v) is 15.2. The van der Waals surface area contributed by atoms with Gasteiger partial charge in [-0.05, 0) is 54.2 Å². The molecule has 0 unspecified atom stereocenters. The van der Waals surface area contributed by atoms with E-state index in [1.807, 2.05) is 18.2 Å². The van der Waals surface area contributed by atoms with Crippen LogP contribution in [0, 0.1) is 5.92 Å². The highest BCUT2D eigenvalue weighted by atomic mass is 16.5. The number of ether oxygens (including phenoxy) is 1. The van der Waals surface area contributed by atoms with Crippen LogP contribution in [-0.4, -0.2) is 28.0 Å². The first-order valence-electron chi connectivity index (χ1n) is 9.29. The van der Waals surface area contributed by atoms with Crippen LogP contribution in [0.3, 0.4) is 0 Å². The summed E-state index contributed by atoms with van der Waals surface area (Å²) in [7, 11) is 0. The monoisotopic (exact) mass is 352 g/mol. The molecule has 4 rings (SSSR count). The molecule has 26 heavy (non-hydrogen) atoms. The zero-order valence-electron chi connectivity index (χ0n) is 15.2. The fourth-order valence-electron chi connectivity index (χ4n) is 3.45. The maximum atomic E-state index is 10.0. The van der Waals surface area contributed by atoms with Gasteiger partial charge in [-0.1, -0.05) is 37.2 Å². The second kappa shape index (κ2) is 7.08. The van der Waals surface area contributed by atoms with Crippen LogP contribution >= 0.6 is 0 Å². The number of nitrogens with zero attached hydrogens (tertiary/aromatic N) is 2. The van der Waals surface area contributed by atoms with Crippen LogP contribution in [0.25, 0.3) is 22.2 Å². The van der Waals surface area contributed by atoms with Gasteiger partial charge in [-0.25, -0.2) is 0 Å². The first kappa shape index (κ1) is 17.0. The predicted octanol–water partition coefficient (Wildman–Crippen LogP) is 4.55. The summed E-state index contributed by atoms with van der Waals surface area (Å²) in [6.45, 7) is 4.98. The van der Waals surface area contributed by atoms with Crippen LogP contribution in [-0.2, 0) is 0 Å². The summed E-state index contributed by atoms with van der Waals surface area (Å²) in [5.41, 5.74) is 0.913. The van der Waals surface area contributed by atoms with Gasteiger partial charge in [-0.2, -0.15) is 4.98 Å². The molecule has 0 saturated heterocycles. The first-order chi connectivity index (χ1) is 12.6. The molecule has 3 aromatic rings. The number of fused-ring (bicyclic) bond motifs is 1. The third-order valence-electron chi connectivity index (χ3n) is 4.89. The maximum absolute atomic E-state index is 10.0. The van der Waals surface area contributed by atoms with Crippen LogP contribution in [0.5, 0.6) is 5.75 Å². The van der Waals surface area contributed by atoms with Crippen molar-refractivity contribution in [3.8, 4) is 17.1 Å². The molecule has 1 fully saturated rings. The van der Waals surface area contributed by atoms with Gasteiger partial charge >= 0.3 is 0 Å². The molecule has 5 heteroatoms. The predicted molar refractivity (Wildman–Crippen MR) is 100 cm³/mol. The number of aromatic nitrogens is 2. The lowest BCUT2D eigenvalue weighted by Gasteiger charge is -2.09. The Balaban J connectivity index is 1.57. The van der Waals surface area contributed by atoms with E-state index in [0.717, 1.165) is 41.3 Å². The molecule has 2 aromatic carbocycles. The van der Waals surface area contributed by atoms with Gasteiger partial charge in [0.2, 0.25) is 11.7 Å². The highest BCUT2D eigenvalue weighted by Crippen LogP contribution is 2.34. The van der Waals surface area contributed by atoms with Crippen molar-refractivity contribution in [2.45, 2.75) is 45.1 Å². The highest BCUT2D eigenvalue weighted by molar-refractivity contribution is 5.87. The molecule has 1 saturated carbocycles. The quantitative estimate of drug-likeness (QED) is 0.729. The molecule has 1 N–H and O–H groups in total. The summed E-state index contributed by atoms with van der Waals surface area (Å²) in [5.74, 6) is 2.47. The summed E-state index contributed by atoms with van der Waals surface area (Å²) in [4.78, 5) is 4.52. The van der Waals surface area contributed by atoms with Crippen LogP contribution in [0.2, 0.25) is 0 Å². The molecule has 2 atom stereocenters. The Hall–Kier alpha value is -2.40. The van der Waals surface area contributed by atoms with E-state index in [2.05, 4.69) is 42.2 Å². The number of aliphatic hydroxyl groups is 1. The average Bonchev–Trinajstić information content (AvgIpc) is 3.28. The molecule has 0 amide bonds. The Bertz CT molecular complexity index is 903. The molecule has 136 valence electrons. The van der Waals surface area contributed by atoms with Crippen molar-refractivity contribution >= 4 is 10.8 Å². The van der Waals surface area contributed by atoms with Crippen molar-refractivity contribution in [3.63, 3.8) is 0 Å². The second-order valence-electron chi connectivity index (χ2n) is 7.49. The maximum Gasteiger partial charge on any atom is 0.232 e. The van der Waals surface area contributed by atoms with Crippen LogP contribution in [0.15, 0.2) is 40.9 Å². The minimum absolute atomic E-state index is 0.0302. The lowest BCUT2D eigenvalue weighted by atomic mass is 10.1. The Morgan fingerprint density at radius 2 is 1.96 bits per heavy atom. The SMILES string of the molecule is CC(C)COc1ccc2cc(-c3noc([C@H]4CCC[C@@H]4O)n3)ccc2c1. The lowest BCUT2D eigenvalue weighted by Crippen LogP contribution is -2.11. The fourth-order valence-corrected chi connectivity index (χ4v) is 3.45. The van der Waals surface area contributed by atoms with Gasteiger partial charge in [-0.3, -0.25) is 0 Å². The van der Waals surface area contributed by atoms with E-state index in [-0.39, 0.29) is 12.0 Å². The van der Waals surface area contributed by atoms with E-state index < -0.39 is 0 Å². The largest absolute Gasteiger partial charge is 0.493 e. The van der Waals surface area contributed by atoms with Crippen molar-refractivity contribution in [2.24, 2.45) is 5.92 Å². The number of rotatable bonds is 5. The number of aliphatic hydroxyl groups excluding tert-OH is 1. The standard InChI is InChI=1S/C21H24N2O3/c1-13(2)12-25-17-9-8-14-10-16(7-6-15(14)11-17)20-22-21(26-23-20)18-4-3-5-19(18)24/h6-11,13,18-19,24H,3-5,12H2,1-2H3/t18-,19-/m0/s1. The Labute approximate surface area is 153 Å². The van der Waals surface area contributed by atoms with E-state index in [9.17, 15) is 5.11 Å². The molecule has 0 radical (unpaired) electrons. The van der Waals surface area contributed by atoms with Gasteiger partial charge in [-0.15, -0.1) is 0 Å². The molecule has 1 aliphatic carbocycles. The zero-order chi connectivity index (χ0) is 18.1. The molecule has 1 heterocycles. The summed E-state index contributed by atoms with van der Waals surface area (Å²) in [5, 5.41) is 16.4. The van der Waals surface area contributed by atoms with E-state index in [1.54, 1.807) is 0 Å². The Morgan fingerprint density at radius 3 is 2.73 bits per heavy atom. The van der Waals surface area contributed by atoms with Crippen molar-refractivity contribution in [2.75, 3.05) is 6.61 Å². The van der Waals surface area contributed by atoms with Crippen molar-refractivity contribution in [1.29, 1.82) is 0 Å². The summed E-state index contributed by atoms with van der Waals surface area (Å²) < 4.78 is 11.2. The van der Waals surface area contributed by atoms with Gasteiger partial charge in [0.25, 0.3) is 0 Å². The van der Waals surface area contributed by atoms with E-state index in [0.29, 0.717) is 24.2 Å². The van der Waals surface area contributed by atoms with Crippen LogP contribution < -0.4 is 4.74 Å². The van der Waals surface area contributed by atoms with Gasteiger partial charge in [0.15, 0.2) is 0 Å². The average molecular weight is 352 g/mol. The Kier molecular flexibility index (Phi) is 4.64.